The summed E-state index contributed by atoms with van der Waals surface area (Å²) in [5.41, 5.74) is 29.0. The number of aromatic hydroxyl groups is 1. The lowest BCUT2D eigenvalue weighted by Crippen LogP contribution is -2.34. The Kier molecular flexibility index (Phi) is 30.0. The molecule has 0 saturated carbocycles. The summed E-state index contributed by atoms with van der Waals surface area (Å²) in [6, 6.07) is 10.1. The van der Waals surface area contributed by atoms with Crippen molar-refractivity contribution in [3.63, 3.8) is 0 Å². The number of benzene rings is 2. The lowest BCUT2D eigenvalue weighted by atomic mass is 10.1. The molecule has 20 heteroatoms. The van der Waals surface area contributed by atoms with Crippen LogP contribution < -0.4 is 34.3 Å². The fourth-order valence-corrected chi connectivity index (χ4v) is 4.03. The van der Waals surface area contributed by atoms with Crippen molar-refractivity contribution in [3.05, 3.63) is 70.1 Å². The van der Waals surface area contributed by atoms with E-state index in [1.54, 1.807) is 38.1 Å². The average Bonchev–Trinajstić information content (AvgIpc) is 3.11. The van der Waals surface area contributed by atoms with Crippen LogP contribution in [0.3, 0.4) is 0 Å². The fraction of sp³-hybridized carbons (Fsp3) is 0.475. The molecule has 2 aromatic carbocycles. The van der Waals surface area contributed by atoms with Gasteiger partial charge in [-0.3, -0.25) is 28.8 Å². The maximum absolute atomic E-state index is 11.0. The van der Waals surface area contributed by atoms with E-state index in [1.165, 1.54) is 18.2 Å². The average molecular weight is 854 g/mol. The number of carbonyl (C=O) groups is 6. The molecule has 1 heterocycles. The van der Waals surface area contributed by atoms with Crippen molar-refractivity contribution < 1.29 is 68.9 Å². The molecule has 0 radical (unpaired) electrons. The van der Waals surface area contributed by atoms with Crippen molar-refractivity contribution in [1.82, 2.24) is 0 Å². The highest BCUT2D eigenvalue weighted by Crippen LogP contribution is 2.18. The van der Waals surface area contributed by atoms with Crippen LogP contribution in [0.5, 0.6) is 5.75 Å². The zero-order valence-electron chi connectivity index (χ0n) is 35.0. The highest BCUT2D eigenvalue weighted by molar-refractivity contribution is 5.82. The second-order valence-electron chi connectivity index (χ2n) is 14.4. The second kappa shape index (κ2) is 30.9. The molecule has 1 aromatic heterocycles. The Morgan fingerprint density at radius 3 is 1.33 bits per heavy atom. The summed E-state index contributed by atoms with van der Waals surface area (Å²) in [5, 5.41) is 59.0. The number of hydrogen-bond donors (Lipinski definition) is 12. The zero-order valence-corrected chi connectivity index (χ0v) is 35.0. The van der Waals surface area contributed by atoms with Crippen molar-refractivity contribution in [3.8, 4) is 5.75 Å². The molecule has 0 aliphatic heterocycles. The Balaban J connectivity index is -0.000000660. The minimum absolute atomic E-state index is 0.0208. The van der Waals surface area contributed by atoms with Gasteiger partial charge in [0.15, 0.2) is 0 Å². The molecule has 0 amide bonds. The standard InChI is InChI=1S/C10H9NO2.C9H11NO3.2C6H13NO2.C5H11NO2.C4H6O4/c1-6-4-10(12)13-9-5-7(11)2-3-8(6)9;10-8(9(12)13)5-6-1-3-7(11)4-2-6;2*1-4(2)3-5(7)6(8)9;1-3(2)4(6)5(7)8;5-3(6)1-2-4(7)8/h2-5H,11H2,1H3;1-4,8,11H,5,10H2,(H,12,13);2*4-5H,3,7H2,1-2H3,(H,8,9);3-4H,6H2,1-2H3,(H,7,8);1-2H2,(H,5,6)(H,7,8). The SMILES string of the molecule is CC(C)C(N)C(=O)O.CC(C)CC(N)C(=O)O.CC(C)CC(N)C(=O)O.Cc1cc(=O)oc2cc(N)ccc12.NC(Cc1ccc(O)cc1)C(=O)O.O=C(O)CCC(=O)O. The number of nitrogen functional groups attached to an aromatic ring is 1. The zero-order chi connectivity index (χ0) is 47.4. The van der Waals surface area contributed by atoms with Crippen molar-refractivity contribution >= 4 is 52.5 Å². The first-order chi connectivity index (χ1) is 27.5. The number of hydrogen-bond acceptors (Lipinski definition) is 14. The Labute approximate surface area is 348 Å². The van der Waals surface area contributed by atoms with Gasteiger partial charge in [0.1, 0.15) is 35.5 Å². The van der Waals surface area contributed by atoms with Crippen molar-refractivity contribution in [2.24, 2.45) is 40.7 Å². The summed E-state index contributed by atoms with van der Waals surface area (Å²) in [7, 11) is 0. The lowest BCUT2D eigenvalue weighted by Gasteiger charge is -2.07. The molecule has 0 fully saturated rings. The predicted molar refractivity (Wildman–Crippen MR) is 224 cm³/mol. The molecular weight excluding hydrogens is 790 g/mol. The van der Waals surface area contributed by atoms with Crippen LogP contribution in [0.1, 0.15) is 78.4 Å². The van der Waals surface area contributed by atoms with E-state index < -0.39 is 60.0 Å². The number of phenolic OH excluding ortho intramolecular Hbond substituents is 1. The van der Waals surface area contributed by atoms with Gasteiger partial charge >= 0.3 is 41.4 Å². The van der Waals surface area contributed by atoms with Gasteiger partial charge in [-0.1, -0.05) is 53.7 Å². The van der Waals surface area contributed by atoms with Crippen LogP contribution in [-0.4, -0.2) is 95.7 Å². The third kappa shape index (κ3) is 31.0. The number of carboxylic acids is 6. The van der Waals surface area contributed by atoms with Crippen molar-refractivity contribution in [2.45, 2.75) is 105 Å². The van der Waals surface area contributed by atoms with E-state index in [-0.39, 0.29) is 36.6 Å². The van der Waals surface area contributed by atoms with Crippen LogP contribution in [0.4, 0.5) is 5.69 Å². The number of rotatable bonds is 14. The van der Waals surface area contributed by atoms with Crippen molar-refractivity contribution in [2.75, 3.05) is 5.73 Å². The molecule has 0 saturated heterocycles. The minimum Gasteiger partial charge on any atom is -0.508 e. The molecule has 3 aromatic rings. The molecule has 20 nitrogen and oxygen atoms in total. The summed E-state index contributed by atoms with van der Waals surface area (Å²) in [4.78, 5) is 70.9. The summed E-state index contributed by atoms with van der Waals surface area (Å²) in [6.07, 6.45) is 0.783. The van der Waals surface area contributed by atoms with Gasteiger partial charge < -0.3 is 68.8 Å². The number of anilines is 1. The van der Waals surface area contributed by atoms with E-state index in [4.69, 9.17) is 68.8 Å². The Morgan fingerprint density at radius 2 is 1.03 bits per heavy atom. The van der Waals surface area contributed by atoms with E-state index in [0.717, 1.165) is 16.5 Å². The van der Waals surface area contributed by atoms with E-state index in [0.29, 0.717) is 35.9 Å². The van der Waals surface area contributed by atoms with Crippen LogP contribution >= 0.6 is 0 Å². The minimum atomic E-state index is -1.08. The lowest BCUT2D eigenvalue weighted by molar-refractivity contribution is -0.143. The van der Waals surface area contributed by atoms with Gasteiger partial charge in [-0.15, -0.1) is 0 Å². The molecule has 338 valence electrons. The third-order valence-electron chi connectivity index (χ3n) is 7.33. The van der Waals surface area contributed by atoms with Gasteiger partial charge in [0.05, 0.1) is 12.8 Å². The van der Waals surface area contributed by atoms with E-state index in [1.807, 2.05) is 40.7 Å². The smallest absolute Gasteiger partial charge is 0.336 e. The molecule has 4 unspecified atom stereocenters. The predicted octanol–water partition coefficient (Wildman–Crippen LogP) is 2.91. The van der Waals surface area contributed by atoms with E-state index in [2.05, 4.69) is 0 Å². The van der Waals surface area contributed by atoms with Crippen molar-refractivity contribution in [1.29, 1.82) is 0 Å². The maximum Gasteiger partial charge on any atom is 0.336 e. The van der Waals surface area contributed by atoms with E-state index in [9.17, 15) is 33.6 Å². The quantitative estimate of drug-likeness (QED) is 0.0819. The van der Waals surface area contributed by atoms with Crippen LogP contribution in [-0.2, 0) is 35.2 Å². The Hall–Kier alpha value is -6.09. The number of aryl methyl sites for hydroxylation is 1. The molecule has 60 heavy (non-hydrogen) atoms. The monoisotopic (exact) mass is 853 g/mol. The van der Waals surface area contributed by atoms with Gasteiger partial charge in [-0.05, 0) is 79.3 Å². The Morgan fingerprint density at radius 1 is 0.617 bits per heavy atom. The largest absolute Gasteiger partial charge is 0.508 e. The normalized spacial score (nSPS) is 12.1. The van der Waals surface area contributed by atoms with Gasteiger partial charge in [-0.2, -0.15) is 0 Å². The first-order valence-corrected chi connectivity index (χ1v) is 18.5. The van der Waals surface area contributed by atoms with Gasteiger partial charge in [0.25, 0.3) is 0 Å². The van der Waals surface area contributed by atoms with E-state index >= 15 is 0 Å². The van der Waals surface area contributed by atoms with Gasteiger partial charge in [-0.25, -0.2) is 4.79 Å². The number of carboxylic acid groups (broad SMARTS) is 6. The number of aliphatic carboxylic acids is 6. The summed E-state index contributed by atoms with van der Waals surface area (Å²) in [6.45, 7) is 13.2. The number of nitrogens with two attached hydrogens (primary N) is 5. The fourth-order valence-electron chi connectivity index (χ4n) is 4.03. The summed E-state index contributed by atoms with van der Waals surface area (Å²) in [5.74, 6) is -5.03. The molecule has 0 spiro atoms. The molecular formula is C40H63N5O15. The highest BCUT2D eigenvalue weighted by Gasteiger charge is 2.15. The van der Waals surface area contributed by atoms with Crippen LogP contribution in [0.25, 0.3) is 11.0 Å². The van der Waals surface area contributed by atoms with Gasteiger partial charge in [0.2, 0.25) is 0 Å². The topological polar surface area (TPSA) is 404 Å². The molecule has 4 atom stereocenters. The second-order valence-corrected chi connectivity index (χ2v) is 14.4. The summed E-state index contributed by atoms with van der Waals surface area (Å²) >= 11 is 0. The molecule has 0 aliphatic rings. The first-order valence-electron chi connectivity index (χ1n) is 18.5. The highest BCUT2D eigenvalue weighted by atomic mass is 16.4. The Bertz CT molecular complexity index is 1790. The van der Waals surface area contributed by atoms with Gasteiger partial charge in [0, 0.05) is 23.2 Å². The number of fused-ring (bicyclic) bond motifs is 1. The maximum atomic E-state index is 11.0. The van der Waals surface area contributed by atoms with Crippen LogP contribution in [0.15, 0.2) is 57.7 Å². The molecule has 17 N–H and O–H groups in total. The first kappa shape index (κ1) is 58.2. The number of phenols is 1. The molecule has 0 bridgehead atoms. The molecule has 0 aliphatic carbocycles. The molecule has 3 rings (SSSR count). The van der Waals surface area contributed by atoms with Crippen LogP contribution in [0.2, 0.25) is 0 Å². The third-order valence-corrected chi connectivity index (χ3v) is 7.33. The summed E-state index contributed by atoms with van der Waals surface area (Å²) < 4.78 is 4.99. The van der Waals surface area contributed by atoms with Crippen LogP contribution in [0, 0.1) is 24.7 Å².